The lowest BCUT2D eigenvalue weighted by Gasteiger charge is -2.26. The Hall–Kier alpha value is -2.57. The molecule has 0 spiro atoms. The molecule has 1 aromatic carbocycles. The number of rotatable bonds is 6. The number of hydrogen-bond acceptors (Lipinski definition) is 4. The third-order valence-electron chi connectivity index (χ3n) is 3.30. The Morgan fingerprint density at radius 1 is 1.12 bits per heavy atom. The van der Waals surface area contributed by atoms with Gasteiger partial charge in [-0.25, -0.2) is 4.79 Å². The maximum atomic E-state index is 12.1. The second-order valence-electron chi connectivity index (χ2n) is 7.01. The highest BCUT2D eigenvalue weighted by molar-refractivity contribution is 5.95. The van der Waals surface area contributed by atoms with Gasteiger partial charge in [0.25, 0.3) is 5.91 Å². The molecule has 138 valence electrons. The Morgan fingerprint density at radius 3 is 2.24 bits per heavy atom. The summed E-state index contributed by atoms with van der Waals surface area (Å²) in [7, 11) is 3.04. The number of carbonyl (C=O) groups is 3. The highest BCUT2D eigenvalue weighted by atomic mass is 16.5. The Morgan fingerprint density at radius 2 is 1.72 bits per heavy atom. The van der Waals surface area contributed by atoms with Crippen molar-refractivity contribution in [1.82, 2.24) is 10.2 Å². The van der Waals surface area contributed by atoms with E-state index >= 15 is 0 Å². The van der Waals surface area contributed by atoms with E-state index in [2.05, 4.69) is 36.1 Å². The normalized spacial score (nSPS) is 10.8. The van der Waals surface area contributed by atoms with Crippen molar-refractivity contribution in [3.63, 3.8) is 0 Å². The molecular weight excluding hydrogens is 322 g/mol. The zero-order valence-electron chi connectivity index (χ0n) is 15.5. The van der Waals surface area contributed by atoms with Crippen molar-refractivity contribution in [2.45, 2.75) is 27.2 Å². The Labute approximate surface area is 148 Å². The second-order valence-corrected chi connectivity index (χ2v) is 7.01. The van der Waals surface area contributed by atoms with Gasteiger partial charge in [0.15, 0.2) is 0 Å². The summed E-state index contributed by atoms with van der Waals surface area (Å²) in [5.41, 5.74) is 1.07. The lowest BCUT2D eigenvalue weighted by atomic mass is 9.96. The summed E-state index contributed by atoms with van der Waals surface area (Å²) in [6, 6.07) is 6.36. The van der Waals surface area contributed by atoms with Crippen LogP contribution in [0.2, 0.25) is 0 Å². The second kappa shape index (κ2) is 9.05. The first-order valence-corrected chi connectivity index (χ1v) is 8.09. The fraction of sp³-hybridized carbons (Fsp3) is 0.500. The third kappa shape index (κ3) is 7.69. The number of ether oxygens (including phenoxy) is 1. The van der Waals surface area contributed by atoms with E-state index < -0.39 is 0 Å². The smallest absolute Gasteiger partial charge is 0.321 e. The molecule has 0 radical (unpaired) electrons. The van der Waals surface area contributed by atoms with Gasteiger partial charge in [0.2, 0.25) is 0 Å². The lowest BCUT2D eigenvalue weighted by Crippen LogP contribution is -2.37. The molecule has 7 nitrogen and oxygen atoms in total. The van der Waals surface area contributed by atoms with Gasteiger partial charge in [0, 0.05) is 31.4 Å². The topological polar surface area (TPSA) is 87.7 Å². The van der Waals surface area contributed by atoms with E-state index in [0.717, 1.165) is 0 Å². The standard InChI is InChI=1S/C18H27N3O4/c1-18(2,3)12-21(4)17(24)20-14-8-6-13(7-9-14)16(23)19-11-10-15(22)25-5/h6-9H,10-12H2,1-5H3,(H,19,23)(H,20,24). The highest BCUT2D eigenvalue weighted by Gasteiger charge is 2.17. The molecule has 0 heterocycles. The molecule has 0 atom stereocenters. The van der Waals surface area contributed by atoms with Crippen LogP contribution in [0, 0.1) is 5.41 Å². The van der Waals surface area contributed by atoms with E-state index in [4.69, 9.17) is 0 Å². The molecule has 1 aromatic rings. The monoisotopic (exact) mass is 349 g/mol. The van der Waals surface area contributed by atoms with E-state index in [1.807, 2.05) is 0 Å². The van der Waals surface area contributed by atoms with E-state index in [0.29, 0.717) is 17.8 Å². The summed E-state index contributed by atoms with van der Waals surface area (Å²) in [5.74, 6) is -0.663. The molecule has 0 aliphatic carbocycles. The fourth-order valence-electron chi connectivity index (χ4n) is 2.19. The van der Waals surface area contributed by atoms with Gasteiger partial charge < -0.3 is 20.3 Å². The average Bonchev–Trinajstić information content (AvgIpc) is 2.53. The van der Waals surface area contributed by atoms with Crippen LogP contribution < -0.4 is 10.6 Å². The van der Waals surface area contributed by atoms with Crippen molar-refractivity contribution in [1.29, 1.82) is 0 Å². The van der Waals surface area contributed by atoms with Crippen LogP contribution in [0.15, 0.2) is 24.3 Å². The molecule has 0 aromatic heterocycles. The lowest BCUT2D eigenvalue weighted by molar-refractivity contribution is -0.140. The predicted octanol–water partition coefficient (Wildman–Crippen LogP) is 2.49. The highest BCUT2D eigenvalue weighted by Crippen LogP contribution is 2.15. The number of benzene rings is 1. The molecule has 0 fully saturated rings. The fourth-order valence-corrected chi connectivity index (χ4v) is 2.19. The zero-order chi connectivity index (χ0) is 19.0. The summed E-state index contributed by atoms with van der Waals surface area (Å²) in [6.07, 6.45) is 0.122. The number of carbonyl (C=O) groups excluding carboxylic acids is 3. The first kappa shape index (κ1) is 20.5. The summed E-state index contributed by atoms with van der Waals surface area (Å²) in [4.78, 5) is 36.7. The van der Waals surface area contributed by atoms with E-state index in [9.17, 15) is 14.4 Å². The first-order valence-electron chi connectivity index (χ1n) is 8.09. The van der Waals surface area contributed by atoms with Crippen molar-refractivity contribution in [2.75, 3.05) is 32.6 Å². The molecule has 1 rings (SSSR count). The molecule has 0 unspecified atom stereocenters. The van der Waals surface area contributed by atoms with Crippen molar-refractivity contribution >= 4 is 23.6 Å². The Balaban J connectivity index is 2.54. The summed E-state index contributed by atoms with van der Waals surface area (Å²) in [5, 5.41) is 5.42. The molecule has 0 saturated heterocycles. The number of urea groups is 1. The van der Waals surface area contributed by atoms with Gasteiger partial charge in [-0.1, -0.05) is 20.8 Å². The summed E-state index contributed by atoms with van der Waals surface area (Å²) >= 11 is 0. The minimum absolute atomic E-state index is 0.0121. The zero-order valence-corrected chi connectivity index (χ0v) is 15.5. The largest absolute Gasteiger partial charge is 0.469 e. The van der Waals surface area contributed by atoms with Gasteiger partial charge in [0.1, 0.15) is 0 Å². The van der Waals surface area contributed by atoms with E-state index in [1.54, 1.807) is 36.2 Å². The van der Waals surface area contributed by atoms with E-state index in [1.165, 1.54) is 7.11 Å². The van der Waals surface area contributed by atoms with Gasteiger partial charge >= 0.3 is 12.0 Å². The Bertz CT molecular complexity index is 606. The van der Waals surface area contributed by atoms with Gasteiger partial charge in [-0.15, -0.1) is 0 Å². The predicted molar refractivity (Wildman–Crippen MR) is 96.5 cm³/mol. The molecular formula is C18H27N3O4. The minimum atomic E-state index is -0.377. The van der Waals surface area contributed by atoms with Crippen LogP contribution in [-0.2, 0) is 9.53 Å². The van der Waals surface area contributed by atoms with Crippen LogP contribution in [-0.4, -0.2) is 50.1 Å². The van der Waals surface area contributed by atoms with Gasteiger partial charge in [-0.05, 0) is 29.7 Å². The van der Waals surface area contributed by atoms with Crippen LogP contribution in [0.3, 0.4) is 0 Å². The number of methoxy groups -OCH3 is 1. The summed E-state index contributed by atoms with van der Waals surface area (Å²) < 4.78 is 4.51. The van der Waals surface area contributed by atoms with Gasteiger partial charge in [-0.3, -0.25) is 9.59 Å². The third-order valence-corrected chi connectivity index (χ3v) is 3.30. The minimum Gasteiger partial charge on any atom is -0.469 e. The molecule has 0 aliphatic heterocycles. The van der Waals surface area contributed by atoms with E-state index in [-0.39, 0.29) is 36.3 Å². The number of nitrogens with zero attached hydrogens (tertiary/aromatic N) is 1. The summed E-state index contributed by atoms with van der Waals surface area (Å²) in [6.45, 7) is 7.01. The van der Waals surface area contributed by atoms with Crippen molar-refractivity contribution in [3.05, 3.63) is 29.8 Å². The van der Waals surface area contributed by atoms with Crippen LogP contribution >= 0.6 is 0 Å². The maximum Gasteiger partial charge on any atom is 0.321 e. The van der Waals surface area contributed by atoms with Crippen LogP contribution in [0.5, 0.6) is 0 Å². The number of esters is 1. The quantitative estimate of drug-likeness (QED) is 0.773. The maximum absolute atomic E-state index is 12.1. The Kier molecular flexibility index (Phi) is 7.42. The van der Waals surface area contributed by atoms with Crippen LogP contribution in [0.4, 0.5) is 10.5 Å². The average molecular weight is 349 g/mol. The number of amides is 3. The van der Waals surface area contributed by atoms with Gasteiger partial charge in [0.05, 0.1) is 13.5 Å². The van der Waals surface area contributed by atoms with Crippen molar-refractivity contribution in [3.8, 4) is 0 Å². The molecule has 0 aliphatic rings. The van der Waals surface area contributed by atoms with Crippen molar-refractivity contribution in [2.24, 2.45) is 5.41 Å². The number of nitrogens with one attached hydrogen (secondary N) is 2. The van der Waals surface area contributed by atoms with Gasteiger partial charge in [-0.2, -0.15) is 0 Å². The SMILES string of the molecule is COC(=O)CCNC(=O)c1ccc(NC(=O)N(C)CC(C)(C)C)cc1. The molecule has 0 saturated carbocycles. The van der Waals surface area contributed by atoms with Crippen molar-refractivity contribution < 1.29 is 19.1 Å². The first-order chi connectivity index (χ1) is 11.6. The molecule has 3 amide bonds. The number of anilines is 1. The molecule has 2 N–H and O–H groups in total. The molecule has 7 heteroatoms. The van der Waals surface area contributed by atoms with Crippen LogP contribution in [0.1, 0.15) is 37.6 Å². The van der Waals surface area contributed by atoms with Crippen LogP contribution in [0.25, 0.3) is 0 Å². The molecule has 25 heavy (non-hydrogen) atoms. The molecule has 0 bridgehead atoms. The number of hydrogen-bond donors (Lipinski definition) is 2.